The van der Waals surface area contributed by atoms with Gasteiger partial charge in [0.25, 0.3) is 5.91 Å². The second kappa shape index (κ2) is 10.2. The predicted octanol–water partition coefficient (Wildman–Crippen LogP) is 2.66. The van der Waals surface area contributed by atoms with Gasteiger partial charge in [-0.1, -0.05) is 0 Å². The molecule has 0 saturated carbocycles. The Morgan fingerprint density at radius 1 is 1.11 bits per heavy atom. The molecule has 3 aromatic rings. The Hall–Kier alpha value is -4.12. The van der Waals surface area contributed by atoms with E-state index < -0.39 is 17.4 Å². The second-order valence-corrected chi connectivity index (χ2v) is 9.14. The first-order valence-corrected chi connectivity index (χ1v) is 11.4. The summed E-state index contributed by atoms with van der Waals surface area (Å²) in [7, 11) is 0. The third-order valence-electron chi connectivity index (χ3n) is 6.05. The molecule has 3 aromatic heterocycles. The lowest BCUT2D eigenvalue weighted by Gasteiger charge is -2.48. The van der Waals surface area contributed by atoms with Crippen molar-refractivity contribution in [2.45, 2.75) is 32.4 Å². The summed E-state index contributed by atoms with van der Waals surface area (Å²) in [6.07, 6.45) is 3.91. The number of anilines is 1. The molecule has 0 spiro atoms. The molecular formula is C25H27FN6O4. The minimum absolute atomic E-state index is 0.171. The van der Waals surface area contributed by atoms with E-state index in [9.17, 15) is 18.8 Å². The van der Waals surface area contributed by atoms with Gasteiger partial charge in [0.15, 0.2) is 0 Å². The first-order valence-electron chi connectivity index (χ1n) is 11.4. The zero-order valence-electron chi connectivity index (χ0n) is 20.2. The van der Waals surface area contributed by atoms with Crippen molar-refractivity contribution < 1.29 is 18.7 Å². The number of H-pyrrole nitrogens is 1. The molecule has 4 heterocycles. The average Bonchev–Trinajstić information content (AvgIpc) is 2.85. The third-order valence-corrected chi connectivity index (χ3v) is 6.05. The molecule has 1 fully saturated rings. The molecule has 0 aliphatic carbocycles. The fourth-order valence-corrected chi connectivity index (χ4v) is 4.05. The van der Waals surface area contributed by atoms with Crippen molar-refractivity contribution in [1.82, 2.24) is 24.8 Å². The second-order valence-electron chi connectivity index (χ2n) is 9.14. The number of carbonyl (C=O) groups is 2. The lowest BCUT2D eigenvalue weighted by molar-refractivity contribution is -0.122. The Bertz CT molecular complexity index is 1270. The number of aromatic nitrogens is 3. The molecule has 1 atom stereocenters. The van der Waals surface area contributed by atoms with E-state index >= 15 is 0 Å². The molecule has 0 aromatic carbocycles. The summed E-state index contributed by atoms with van der Waals surface area (Å²) in [5, 5.41) is 2.80. The van der Waals surface area contributed by atoms with Crippen LogP contribution in [0.25, 0.3) is 0 Å². The molecule has 36 heavy (non-hydrogen) atoms. The molecule has 1 saturated heterocycles. The molecule has 1 unspecified atom stereocenters. The molecule has 0 radical (unpaired) electrons. The summed E-state index contributed by atoms with van der Waals surface area (Å²) in [6, 6.07) is 8.26. The van der Waals surface area contributed by atoms with Crippen LogP contribution in [0.3, 0.4) is 0 Å². The number of halogens is 1. The van der Waals surface area contributed by atoms with Crippen molar-refractivity contribution >= 4 is 17.6 Å². The van der Waals surface area contributed by atoms with Gasteiger partial charge in [0.1, 0.15) is 17.4 Å². The summed E-state index contributed by atoms with van der Waals surface area (Å²) < 4.78 is 18.5. The Kier molecular flexibility index (Phi) is 7.11. The molecule has 11 heteroatoms. The van der Waals surface area contributed by atoms with Crippen LogP contribution in [0.1, 0.15) is 31.1 Å². The lowest BCUT2D eigenvalue weighted by atomic mass is 9.96. The minimum atomic E-state index is -0.536. The Morgan fingerprint density at radius 2 is 1.92 bits per heavy atom. The van der Waals surface area contributed by atoms with Gasteiger partial charge >= 0.3 is 0 Å². The van der Waals surface area contributed by atoms with Gasteiger partial charge in [0, 0.05) is 38.0 Å². The van der Waals surface area contributed by atoms with Gasteiger partial charge in [-0.25, -0.2) is 14.4 Å². The van der Waals surface area contributed by atoms with Crippen LogP contribution in [-0.4, -0.2) is 67.8 Å². The van der Waals surface area contributed by atoms with Crippen molar-refractivity contribution in [3.8, 4) is 11.6 Å². The van der Waals surface area contributed by atoms with Crippen molar-refractivity contribution in [1.29, 1.82) is 0 Å². The monoisotopic (exact) mass is 494 g/mol. The van der Waals surface area contributed by atoms with Gasteiger partial charge in [0.05, 0.1) is 29.5 Å². The SMILES string of the molecule is CC(C(=O)Nc1ccc(Oc2ccc(F)cn2)cn1)N1CCN(C(=O)c2ccc(=O)[nH]c2)C(C)(C)C1. The molecule has 10 nitrogen and oxygen atoms in total. The maximum absolute atomic E-state index is 13.0. The van der Waals surface area contributed by atoms with Crippen molar-refractivity contribution in [3.05, 3.63) is 76.7 Å². The molecule has 2 N–H and O–H groups in total. The topological polar surface area (TPSA) is 121 Å². The number of nitrogens with one attached hydrogen (secondary N) is 2. The summed E-state index contributed by atoms with van der Waals surface area (Å²) in [5.74, 6) is 0.118. The van der Waals surface area contributed by atoms with E-state index in [2.05, 4.69) is 20.3 Å². The van der Waals surface area contributed by atoms with E-state index in [1.807, 2.05) is 25.7 Å². The Morgan fingerprint density at radius 3 is 2.53 bits per heavy atom. The first kappa shape index (κ1) is 25.0. The highest BCUT2D eigenvalue weighted by Crippen LogP contribution is 2.25. The van der Waals surface area contributed by atoms with Crippen LogP contribution in [0.4, 0.5) is 10.2 Å². The number of nitrogens with zero attached hydrogens (tertiary/aromatic N) is 4. The van der Waals surface area contributed by atoms with E-state index in [0.717, 1.165) is 6.20 Å². The smallest absolute Gasteiger partial charge is 0.255 e. The predicted molar refractivity (Wildman–Crippen MR) is 130 cm³/mol. The summed E-state index contributed by atoms with van der Waals surface area (Å²) in [5.41, 5.74) is -0.390. The lowest BCUT2D eigenvalue weighted by Crippen LogP contribution is -2.63. The molecule has 1 aliphatic heterocycles. The maximum atomic E-state index is 13.0. The zero-order valence-corrected chi connectivity index (χ0v) is 20.2. The van der Waals surface area contributed by atoms with Crippen LogP contribution in [0.15, 0.2) is 59.8 Å². The van der Waals surface area contributed by atoms with Crippen molar-refractivity contribution in [2.24, 2.45) is 0 Å². The van der Waals surface area contributed by atoms with E-state index in [4.69, 9.17) is 4.74 Å². The number of ether oxygens (including phenoxy) is 1. The van der Waals surface area contributed by atoms with Gasteiger partial charge in [0.2, 0.25) is 17.3 Å². The fourth-order valence-electron chi connectivity index (χ4n) is 4.05. The standard InChI is InChI=1S/C25H27FN6O4/c1-16(23(34)30-20-7-6-19(14-27-20)36-22-9-5-18(26)13-29-22)31-10-11-32(25(2,3)15-31)24(35)17-4-8-21(33)28-12-17/h4-9,12-14,16H,10-11,15H2,1-3H3,(H,28,33)(H,27,30,34). The van der Waals surface area contributed by atoms with E-state index in [1.54, 1.807) is 17.0 Å². The highest BCUT2D eigenvalue weighted by Gasteiger charge is 2.39. The minimum Gasteiger partial charge on any atom is -0.437 e. The number of amides is 2. The normalized spacial score (nSPS) is 16.3. The van der Waals surface area contributed by atoms with E-state index in [1.165, 1.54) is 36.7 Å². The quantitative estimate of drug-likeness (QED) is 0.541. The molecule has 0 bridgehead atoms. The summed E-state index contributed by atoms with van der Waals surface area (Å²) in [4.78, 5) is 51.6. The van der Waals surface area contributed by atoms with E-state index in [-0.39, 0.29) is 23.3 Å². The average molecular weight is 495 g/mol. The van der Waals surface area contributed by atoms with Crippen LogP contribution in [0, 0.1) is 5.82 Å². The van der Waals surface area contributed by atoms with Crippen molar-refractivity contribution in [3.63, 3.8) is 0 Å². The van der Waals surface area contributed by atoms with Gasteiger partial charge < -0.3 is 19.9 Å². The first-order chi connectivity index (χ1) is 17.1. The molecular weight excluding hydrogens is 467 g/mol. The number of hydrogen-bond acceptors (Lipinski definition) is 7. The third kappa shape index (κ3) is 5.74. The highest BCUT2D eigenvalue weighted by molar-refractivity contribution is 5.95. The largest absolute Gasteiger partial charge is 0.437 e. The molecule has 2 amide bonds. The Balaban J connectivity index is 1.34. The van der Waals surface area contributed by atoms with Crippen LogP contribution >= 0.6 is 0 Å². The number of pyridine rings is 3. The van der Waals surface area contributed by atoms with Crippen molar-refractivity contribution in [2.75, 3.05) is 25.0 Å². The van der Waals surface area contributed by atoms with Crippen LogP contribution in [0.2, 0.25) is 0 Å². The van der Waals surface area contributed by atoms with Gasteiger partial charge in [-0.15, -0.1) is 0 Å². The van der Waals surface area contributed by atoms with Gasteiger partial charge in [-0.05, 0) is 45.0 Å². The number of rotatable bonds is 6. The van der Waals surface area contributed by atoms with Gasteiger partial charge in [-0.2, -0.15) is 0 Å². The summed E-state index contributed by atoms with van der Waals surface area (Å²) in [6.45, 7) is 7.14. The number of hydrogen-bond donors (Lipinski definition) is 2. The van der Waals surface area contributed by atoms with E-state index in [0.29, 0.717) is 36.8 Å². The van der Waals surface area contributed by atoms with Crippen LogP contribution < -0.4 is 15.6 Å². The zero-order chi connectivity index (χ0) is 25.9. The number of piperazine rings is 1. The number of aromatic amines is 1. The van der Waals surface area contributed by atoms with Gasteiger partial charge in [-0.3, -0.25) is 19.3 Å². The maximum Gasteiger partial charge on any atom is 0.255 e. The Labute approximate surface area is 207 Å². The summed E-state index contributed by atoms with van der Waals surface area (Å²) >= 11 is 0. The fraction of sp³-hybridized carbons (Fsp3) is 0.320. The molecule has 1 aliphatic rings. The number of carbonyl (C=O) groups excluding carboxylic acids is 2. The van der Waals surface area contributed by atoms with Crippen LogP contribution in [-0.2, 0) is 4.79 Å². The van der Waals surface area contributed by atoms with Crippen LogP contribution in [0.5, 0.6) is 11.6 Å². The molecule has 4 rings (SSSR count). The molecule has 188 valence electrons. The highest BCUT2D eigenvalue weighted by atomic mass is 19.1.